The second-order valence-electron chi connectivity index (χ2n) is 9.77. The van der Waals surface area contributed by atoms with E-state index >= 15 is 17.6 Å². The van der Waals surface area contributed by atoms with Crippen molar-refractivity contribution >= 4 is 34.0 Å². The molecule has 1 aliphatic heterocycles. The summed E-state index contributed by atoms with van der Waals surface area (Å²) in [5.74, 6) is -25.7. The summed E-state index contributed by atoms with van der Waals surface area (Å²) < 4.78 is 151. The Hall–Kier alpha value is -3.67. The topological polar surface area (TPSA) is 30.3 Å². The Labute approximate surface area is 260 Å². The molecule has 0 spiro atoms. The smallest absolute Gasteiger partial charge is 0.516 e. The molecule has 0 radical (unpaired) electrons. The molecule has 5 rings (SSSR count). The van der Waals surface area contributed by atoms with Gasteiger partial charge >= 0.3 is 29.6 Å². The second-order valence-corrected chi connectivity index (χ2v) is 9.77. The number of fused-ring (bicyclic) bond motifs is 1. The van der Waals surface area contributed by atoms with Crippen LogP contribution in [0.2, 0.25) is 0 Å². The van der Waals surface area contributed by atoms with Crippen molar-refractivity contribution in [2.75, 3.05) is 23.8 Å². The van der Waals surface area contributed by atoms with E-state index in [1.165, 1.54) is 36.4 Å². The molecule has 0 saturated heterocycles. The minimum Gasteiger partial charge on any atom is -0.516 e. The van der Waals surface area contributed by atoms with Gasteiger partial charge in [-0.2, -0.15) is 10.7 Å². The van der Waals surface area contributed by atoms with Crippen molar-refractivity contribution < 1.29 is 73.5 Å². The normalized spacial score (nSPS) is 15.1. The zero-order valence-electron chi connectivity index (χ0n) is 22.4. The van der Waals surface area contributed by atoms with Crippen molar-refractivity contribution in [2.24, 2.45) is 0 Å². The molecule has 1 atom stereocenters. The fourth-order valence-corrected chi connectivity index (χ4v) is 5.80. The summed E-state index contributed by atoms with van der Waals surface area (Å²) in [6.45, 7) is 0. The number of hydrogen-bond donors (Lipinski definition) is 0. The van der Waals surface area contributed by atoms with E-state index in [9.17, 15) is 31.6 Å². The quantitative estimate of drug-likeness (QED) is 0.153. The van der Waals surface area contributed by atoms with Crippen molar-refractivity contribution in [1.82, 2.24) is 0 Å². The molecule has 43 heavy (non-hydrogen) atoms. The minimum absolute atomic E-state index is 0. The molecule has 15 heteroatoms. The van der Waals surface area contributed by atoms with Crippen LogP contribution in [0.1, 0.15) is 11.6 Å². The van der Waals surface area contributed by atoms with Gasteiger partial charge in [-0.15, -0.1) is 10.9 Å². The monoisotopic (exact) mass is 617 g/mol. The fourth-order valence-electron chi connectivity index (χ4n) is 5.80. The van der Waals surface area contributed by atoms with Gasteiger partial charge in [0.25, 0.3) is 0 Å². The van der Waals surface area contributed by atoms with Gasteiger partial charge in [0, 0.05) is 19.8 Å². The van der Waals surface area contributed by atoms with Gasteiger partial charge in [0.05, 0.1) is 6.07 Å². The Balaban J connectivity index is 0.00000423. The van der Waals surface area contributed by atoms with Crippen molar-refractivity contribution in [3.63, 3.8) is 0 Å². The van der Waals surface area contributed by atoms with Crippen LogP contribution in [-0.4, -0.2) is 20.4 Å². The number of nitrogens with zero attached hydrogens (tertiary/aromatic N) is 3. The van der Waals surface area contributed by atoms with Crippen molar-refractivity contribution in [3.05, 3.63) is 112 Å². The molecule has 0 bridgehead atoms. The van der Waals surface area contributed by atoms with Crippen LogP contribution in [0.15, 0.2) is 48.5 Å². The molecule has 1 unspecified atom stereocenters. The third kappa shape index (κ3) is 4.39. The van der Waals surface area contributed by atoms with Crippen molar-refractivity contribution in [1.29, 1.82) is 5.26 Å². The average molecular weight is 617 g/mol. The van der Waals surface area contributed by atoms with Crippen LogP contribution in [0.3, 0.4) is 0 Å². The Morgan fingerprint density at radius 2 is 1.02 bits per heavy atom. The molecule has 216 valence electrons. The molecule has 1 heterocycles. The Kier molecular flexibility index (Phi) is 8.58. The Morgan fingerprint density at radius 1 is 0.628 bits per heavy atom. The number of hydrogen-bond acceptors (Lipinski definition) is 3. The summed E-state index contributed by atoms with van der Waals surface area (Å²) in [6, 6.07) is 9.81. The first-order chi connectivity index (χ1) is 19.8. The zero-order chi connectivity index (χ0) is 30.8. The van der Waals surface area contributed by atoms with Crippen molar-refractivity contribution in [2.45, 2.75) is 6.04 Å². The van der Waals surface area contributed by atoms with Gasteiger partial charge in [0.15, 0.2) is 41.2 Å². The van der Waals surface area contributed by atoms with Crippen LogP contribution < -0.4 is 55.7 Å². The number of benzene rings is 4. The SMILES string of the molecule is CN(C)c1ccc(N2C(C#N)c3ccccc3[B-]2(c2c(F)c(F)c(F)c(F)c2F)c2c(F)c(F)c(F)c(F)c2F)cc1.[Na+]. The maximum absolute atomic E-state index is 15.8. The predicted octanol–water partition coefficient (Wildman–Crippen LogP) is 2.20. The second kappa shape index (κ2) is 11.4. The van der Waals surface area contributed by atoms with Gasteiger partial charge < -0.3 is 9.71 Å². The van der Waals surface area contributed by atoms with Gasteiger partial charge in [0.2, 0.25) is 0 Å². The summed E-state index contributed by atoms with van der Waals surface area (Å²) in [5, 5.41) is 10.2. The first-order valence-electron chi connectivity index (χ1n) is 12.1. The van der Waals surface area contributed by atoms with E-state index in [2.05, 4.69) is 0 Å². The molecule has 4 aromatic rings. The molecule has 0 N–H and O–H groups in total. The van der Waals surface area contributed by atoms with E-state index in [0.717, 1.165) is 12.1 Å². The largest absolute Gasteiger partial charge is 1.00 e. The van der Waals surface area contributed by atoms with Gasteiger partial charge in [0.1, 0.15) is 29.3 Å². The van der Waals surface area contributed by atoms with Crippen LogP contribution >= 0.6 is 0 Å². The van der Waals surface area contributed by atoms with Crippen LogP contribution in [0, 0.1) is 69.5 Å². The molecular formula is C28H15BF10N3Na. The van der Waals surface area contributed by atoms with Crippen molar-refractivity contribution in [3.8, 4) is 6.07 Å². The van der Waals surface area contributed by atoms with E-state index in [-0.39, 0.29) is 40.8 Å². The minimum atomic E-state index is -4.56. The van der Waals surface area contributed by atoms with Crippen LogP contribution in [0.4, 0.5) is 55.3 Å². The van der Waals surface area contributed by atoms with Crippen LogP contribution in [0.5, 0.6) is 0 Å². The summed E-state index contributed by atoms with van der Waals surface area (Å²) in [5.41, 5.74) is -4.38. The van der Waals surface area contributed by atoms with Gasteiger partial charge in [-0.3, -0.25) is 0 Å². The summed E-state index contributed by atoms with van der Waals surface area (Å²) in [6.07, 6.45) is -4.56. The summed E-state index contributed by atoms with van der Waals surface area (Å²) in [4.78, 5) is 2.25. The van der Waals surface area contributed by atoms with E-state index in [0.29, 0.717) is 10.5 Å². The molecule has 0 aliphatic carbocycles. The molecule has 4 aromatic carbocycles. The average Bonchev–Trinajstić information content (AvgIpc) is 3.27. The Morgan fingerprint density at radius 3 is 1.42 bits per heavy atom. The van der Waals surface area contributed by atoms with E-state index < -0.39 is 86.9 Å². The third-order valence-electron chi connectivity index (χ3n) is 7.55. The molecular weight excluding hydrogens is 602 g/mol. The number of anilines is 2. The number of nitriles is 1. The fraction of sp³-hybridized carbons (Fsp3) is 0.107. The Bertz CT molecular complexity index is 1680. The summed E-state index contributed by atoms with van der Waals surface area (Å²) >= 11 is 0. The van der Waals surface area contributed by atoms with Gasteiger partial charge in [-0.25, -0.2) is 43.9 Å². The molecule has 0 fully saturated rings. The molecule has 0 aromatic heterocycles. The number of halogens is 10. The molecule has 0 amide bonds. The van der Waals surface area contributed by atoms with Gasteiger partial charge in [-0.1, -0.05) is 24.3 Å². The first kappa shape index (κ1) is 32.3. The molecule has 3 nitrogen and oxygen atoms in total. The van der Waals surface area contributed by atoms with Crippen LogP contribution in [-0.2, 0) is 0 Å². The number of rotatable bonds is 4. The van der Waals surface area contributed by atoms with Crippen LogP contribution in [0.25, 0.3) is 0 Å². The summed E-state index contributed by atoms with van der Waals surface area (Å²) in [7, 11) is 3.27. The first-order valence-corrected chi connectivity index (χ1v) is 12.1. The zero-order valence-corrected chi connectivity index (χ0v) is 24.4. The maximum atomic E-state index is 15.8. The molecule has 0 saturated carbocycles. The van der Waals surface area contributed by atoms with E-state index in [4.69, 9.17) is 0 Å². The standard InChI is InChI=1S/C28H15BF10N3.Na/c1-41(2)12-7-9-13(10-8-12)42-16(11-40)14-5-3-4-6-15(14)29(42,17-19(30)23(34)27(38)24(35)20(17)31)18-21(32)25(36)28(39)26(37)22(18)33;/h3-10,16H,1-2H3;/q-1;+1. The molecule has 1 aliphatic rings. The maximum Gasteiger partial charge on any atom is 1.00 e. The van der Waals surface area contributed by atoms with E-state index in [1.54, 1.807) is 25.1 Å². The predicted molar refractivity (Wildman–Crippen MR) is 135 cm³/mol. The third-order valence-corrected chi connectivity index (χ3v) is 7.55. The van der Waals surface area contributed by atoms with E-state index in [1.807, 2.05) is 0 Å². The van der Waals surface area contributed by atoms with Gasteiger partial charge in [-0.05, 0) is 35.5 Å².